The molecule has 1 saturated heterocycles. The van der Waals surface area contributed by atoms with Crippen LogP contribution in [0.15, 0.2) is 49.3 Å². The smallest absolute Gasteiger partial charge is 0.355 e. The van der Waals surface area contributed by atoms with Crippen molar-refractivity contribution >= 4 is 22.9 Å². The van der Waals surface area contributed by atoms with Gasteiger partial charge in [-0.25, -0.2) is 9.97 Å². The Bertz CT molecular complexity index is 1430. The molecule has 1 spiro atoms. The summed E-state index contributed by atoms with van der Waals surface area (Å²) in [6.45, 7) is 1.52. The molecule has 4 aromatic rings. The van der Waals surface area contributed by atoms with E-state index in [-0.39, 0.29) is 17.0 Å². The minimum absolute atomic E-state index is 0.00308. The van der Waals surface area contributed by atoms with Gasteiger partial charge in [-0.15, -0.1) is 0 Å². The highest BCUT2D eigenvalue weighted by Crippen LogP contribution is 2.51. The van der Waals surface area contributed by atoms with Gasteiger partial charge in [-0.3, -0.25) is 14.4 Å². The fourth-order valence-electron chi connectivity index (χ4n) is 5.52. The van der Waals surface area contributed by atoms with Crippen LogP contribution in [0.25, 0.3) is 16.9 Å². The van der Waals surface area contributed by atoms with Gasteiger partial charge in [0.1, 0.15) is 11.3 Å². The summed E-state index contributed by atoms with van der Waals surface area (Å²) in [5.74, 6) is 1.03. The first kappa shape index (κ1) is 22.2. The van der Waals surface area contributed by atoms with Gasteiger partial charge in [0, 0.05) is 55.7 Å². The molecule has 0 bridgehead atoms. The fraction of sp³-hybridized carbons (Fsp3) is 0.333. The van der Waals surface area contributed by atoms with Gasteiger partial charge in [0.2, 0.25) is 0 Å². The maximum Gasteiger partial charge on any atom is 0.434 e. The zero-order chi connectivity index (χ0) is 24.4. The van der Waals surface area contributed by atoms with Crippen molar-refractivity contribution in [3.05, 3.63) is 71.2 Å². The number of fused-ring (bicyclic) bond motifs is 2. The second-order valence-electron chi connectivity index (χ2n) is 9.19. The lowest BCUT2D eigenvalue weighted by Crippen LogP contribution is -2.44. The van der Waals surface area contributed by atoms with Crippen LogP contribution in [0.4, 0.5) is 19.0 Å². The van der Waals surface area contributed by atoms with Crippen LogP contribution in [-0.4, -0.2) is 37.4 Å². The van der Waals surface area contributed by atoms with E-state index in [0.29, 0.717) is 11.3 Å². The Morgan fingerprint density at radius 1 is 1.03 bits per heavy atom. The summed E-state index contributed by atoms with van der Waals surface area (Å²) in [7, 11) is 0. The Morgan fingerprint density at radius 3 is 2.57 bits per heavy atom. The zero-order valence-corrected chi connectivity index (χ0v) is 19.3. The number of aromatic nitrogens is 5. The largest absolute Gasteiger partial charge is 0.434 e. The number of rotatable bonds is 2. The monoisotopic (exact) mass is 499 g/mol. The molecular formula is C24H21ClF3N7. The van der Waals surface area contributed by atoms with E-state index in [2.05, 4.69) is 30.9 Å². The molecule has 35 heavy (non-hydrogen) atoms. The standard InChI is InChI=1S/C24H21ClF3N7/c25-18-15(2-6-31-20(18)24(26,27)28)21-33-13-17-22(32-7-10-35(17)21)34-8-3-23(4-9-34)11-14-1-5-30-12-16(14)19(23)29/h1-2,5-7,10,12-13,19H,3-4,8-9,11,29H2. The first-order chi connectivity index (χ1) is 16.8. The molecule has 1 aliphatic heterocycles. The summed E-state index contributed by atoms with van der Waals surface area (Å²) < 4.78 is 41.7. The van der Waals surface area contributed by atoms with Crippen molar-refractivity contribution in [2.24, 2.45) is 11.1 Å². The minimum Gasteiger partial charge on any atom is -0.355 e. The summed E-state index contributed by atoms with van der Waals surface area (Å²) in [4.78, 5) is 18.8. The molecule has 7 nitrogen and oxygen atoms in total. The van der Waals surface area contributed by atoms with Gasteiger partial charge < -0.3 is 10.6 Å². The molecule has 0 saturated carbocycles. The molecule has 1 fully saturated rings. The zero-order valence-electron chi connectivity index (χ0n) is 18.5. The van der Waals surface area contributed by atoms with Crippen LogP contribution in [0.3, 0.4) is 0 Å². The Balaban J connectivity index is 1.31. The number of hydrogen-bond donors (Lipinski definition) is 1. The van der Waals surface area contributed by atoms with Gasteiger partial charge >= 0.3 is 6.18 Å². The van der Waals surface area contributed by atoms with Gasteiger partial charge in [0.25, 0.3) is 0 Å². The number of pyridine rings is 2. The Kier molecular flexibility index (Phi) is 5.01. The van der Waals surface area contributed by atoms with Gasteiger partial charge in [-0.2, -0.15) is 13.2 Å². The number of nitrogens with zero attached hydrogens (tertiary/aromatic N) is 6. The lowest BCUT2D eigenvalue weighted by atomic mass is 9.73. The molecule has 6 rings (SSSR count). The molecular weight excluding hydrogens is 479 g/mol. The second-order valence-corrected chi connectivity index (χ2v) is 9.56. The molecule has 180 valence electrons. The quantitative estimate of drug-likeness (QED) is 0.430. The van der Waals surface area contributed by atoms with Crippen LogP contribution in [0.2, 0.25) is 5.02 Å². The van der Waals surface area contributed by atoms with Gasteiger partial charge in [0.15, 0.2) is 11.5 Å². The van der Waals surface area contributed by atoms with Gasteiger partial charge in [-0.1, -0.05) is 11.6 Å². The lowest BCUT2D eigenvalue weighted by molar-refractivity contribution is -0.141. The van der Waals surface area contributed by atoms with Crippen LogP contribution in [0, 0.1) is 5.41 Å². The van der Waals surface area contributed by atoms with E-state index < -0.39 is 16.9 Å². The van der Waals surface area contributed by atoms with E-state index in [1.54, 1.807) is 23.0 Å². The number of anilines is 1. The van der Waals surface area contributed by atoms with Crippen LogP contribution < -0.4 is 10.6 Å². The van der Waals surface area contributed by atoms with Crippen molar-refractivity contribution in [1.29, 1.82) is 0 Å². The average molecular weight is 500 g/mol. The van der Waals surface area contributed by atoms with E-state index in [4.69, 9.17) is 17.3 Å². The number of nitrogens with two attached hydrogens (primary N) is 1. The molecule has 0 aromatic carbocycles. The molecule has 1 atom stereocenters. The summed E-state index contributed by atoms with van der Waals surface area (Å²) in [5.41, 5.74) is 8.80. The Morgan fingerprint density at radius 2 is 1.83 bits per heavy atom. The van der Waals surface area contributed by atoms with Crippen molar-refractivity contribution in [2.75, 3.05) is 18.0 Å². The highest BCUT2D eigenvalue weighted by Gasteiger charge is 2.46. The molecule has 1 unspecified atom stereocenters. The lowest BCUT2D eigenvalue weighted by Gasteiger charge is -2.42. The number of hydrogen-bond acceptors (Lipinski definition) is 6. The number of piperidine rings is 1. The summed E-state index contributed by atoms with van der Waals surface area (Å²) in [6, 6.07) is 3.45. The third kappa shape index (κ3) is 3.46. The van der Waals surface area contributed by atoms with Crippen LogP contribution in [0.5, 0.6) is 0 Å². The second kappa shape index (κ2) is 7.89. The molecule has 5 heterocycles. The normalized spacial score (nSPS) is 19.5. The van der Waals surface area contributed by atoms with Crippen LogP contribution in [0.1, 0.15) is 35.7 Å². The SMILES string of the molecule is NC1c2cnccc2CC12CCN(c1nccn3c(-c4ccnc(C(F)(F)F)c4Cl)ncc13)CC2. The summed E-state index contributed by atoms with van der Waals surface area (Å²) in [5, 5.41) is -0.477. The van der Waals surface area contributed by atoms with Crippen LogP contribution in [-0.2, 0) is 12.6 Å². The van der Waals surface area contributed by atoms with Gasteiger partial charge in [-0.05, 0) is 47.9 Å². The van der Waals surface area contributed by atoms with E-state index in [0.717, 1.165) is 49.9 Å². The fourth-order valence-corrected chi connectivity index (χ4v) is 5.82. The van der Waals surface area contributed by atoms with Crippen molar-refractivity contribution < 1.29 is 13.2 Å². The predicted octanol–water partition coefficient (Wildman–Crippen LogP) is 4.70. The molecule has 4 aromatic heterocycles. The number of alkyl halides is 3. The average Bonchev–Trinajstić information content (AvgIpc) is 3.39. The van der Waals surface area contributed by atoms with E-state index in [1.165, 1.54) is 11.6 Å². The number of halogens is 4. The third-order valence-corrected chi connectivity index (χ3v) is 7.76. The maximum absolute atomic E-state index is 13.3. The van der Waals surface area contributed by atoms with Crippen molar-refractivity contribution in [1.82, 2.24) is 24.3 Å². The highest BCUT2D eigenvalue weighted by molar-refractivity contribution is 6.33. The number of imidazole rings is 1. The van der Waals surface area contributed by atoms with Crippen molar-refractivity contribution in [3.63, 3.8) is 0 Å². The van der Waals surface area contributed by atoms with E-state index in [9.17, 15) is 13.2 Å². The molecule has 2 aliphatic rings. The van der Waals surface area contributed by atoms with Gasteiger partial charge in [0.05, 0.1) is 11.2 Å². The topological polar surface area (TPSA) is 85.2 Å². The molecule has 0 radical (unpaired) electrons. The maximum atomic E-state index is 13.3. The molecule has 2 N–H and O–H groups in total. The van der Waals surface area contributed by atoms with Crippen molar-refractivity contribution in [3.8, 4) is 11.4 Å². The first-order valence-electron chi connectivity index (χ1n) is 11.3. The molecule has 0 amide bonds. The molecule has 1 aliphatic carbocycles. The Labute approximate surface area is 203 Å². The Hall–Kier alpha value is -3.24. The van der Waals surface area contributed by atoms with E-state index in [1.807, 2.05) is 12.4 Å². The minimum atomic E-state index is -4.66. The van der Waals surface area contributed by atoms with Crippen molar-refractivity contribution in [2.45, 2.75) is 31.5 Å². The third-order valence-electron chi connectivity index (χ3n) is 7.38. The highest BCUT2D eigenvalue weighted by atomic mass is 35.5. The first-order valence-corrected chi connectivity index (χ1v) is 11.6. The summed E-state index contributed by atoms with van der Waals surface area (Å²) >= 11 is 6.12. The molecule has 11 heteroatoms. The van der Waals surface area contributed by atoms with Crippen LogP contribution >= 0.6 is 11.6 Å². The van der Waals surface area contributed by atoms with E-state index >= 15 is 0 Å². The predicted molar refractivity (Wildman–Crippen MR) is 125 cm³/mol. The summed E-state index contributed by atoms with van der Waals surface area (Å²) in [6.07, 6.45) is 7.79.